The van der Waals surface area contributed by atoms with Crippen molar-refractivity contribution in [2.75, 3.05) is 49.3 Å². The second kappa shape index (κ2) is 6.14. The quantitative estimate of drug-likeness (QED) is 0.522. The third-order valence-electron chi connectivity index (χ3n) is 2.24. The van der Waals surface area contributed by atoms with E-state index in [4.69, 9.17) is 15.9 Å². The fraction of sp³-hybridized carbons (Fsp3) is 0.500. The number of hydrogen-bond donors (Lipinski definition) is 4. The number of aromatic nitrogens is 1. The van der Waals surface area contributed by atoms with Crippen molar-refractivity contribution in [1.82, 2.24) is 4.98 Å². The molecule has 0 amide bonds. The Morgan fingerprint density at radius 2 is 2.00 bits per heavy atom. The van der Waals surface area contributed by atoms with Crippen LogP contribution in [0.1, 0.15) is 0 Å². The molecule has 1 aromatic rings. The van der Waals surface area contributed by atoms with Gasteiger partial charge in [0.05, 0.1) is 30.8 Å². The Kier molecular flexibility index (Phi) is 4.81. The fourth-order valence-corrected chi connectivity index (χ4v) is 1.46. The maximum Gasteiger partial charge on any atom is 0.149 e. The van der Waals surface area contributed by atoms with Crippen molar-refractivity contribution in [1.29, 1.82) is 0 Å². The summed E-state index contributed by atoms with van der Waals surface area (Å²) in [6.45, 7) is 0.933. The normalized spacial score (nSPS) is 10.2. The second-order valence-corrected chi connectivity index (χ2v) is 3.32. The third-order valence-corrected chi connectivity index (χ3v) is 2.24. The molecular formula is C10H18N4O2. The van der Waals surface area contributed by atoms with Crippen LogP contribution in [0.25, 0.3) is 0 Å². The van der Waals surface area contributed by atoms with E-state index in [1.54, 1.807) is 19.3 Å². The standard InChI is InChI=1S/C10H18N4O2/c1-12-10-9(11)6-8(7-13-10)14(2-4-15)3-5-16/h6-7,15-16H,2-5,11H2,1H3,(H,12,13). The number of nitrogens with zero attached hydrogens (tertiary/aromatic N) is 2. The SMILES string of the molecule is CNc1ncc(N(CCO)CCO)cc1N. The van der Waals surface area contributed by atoms with E-state index >= 15 is 0 Å². The third kappa shape index (κ3) is 2.98. The Labute approximate surface area is 94.7 Å². The minimum atomic E-state index is 0.0215. The summed E-state index contributed by atoms with van der Waals surface area (Å²) in [5.74, 6) is 0.622. The molecule has 0 aromatic carbocycles. The Hall–Kier alpha value is -1.53. The topological polar surface area (TPSA) is 94.6 Å². The van der Waals surface area contributed by atoms with Gasteiger partial charge in [0.2, 0.25) is 0 Å². The second-order valence-electron chi connectivity index (χ2n) is 3.32. The van der Waals surface area contributed by atoms with Crippen molar-refractivity contribution in [3.05, 3.63) is 12.3 Å². The summed E-state index contributed by atoms with van der Waals surface area (Å²) >= 11 is 0. The first-order valence-electron chi connectivity index (χ1n) is 5.13. The van der Waals surface area contributed by atoms with Crippen molar-refractivity contribution < 1.29 is 10.2 Å². The van der Waals surface area contributed by atoms with Crippen LogP contribution in [0.2, 0.25) is 0 Å². The summed E-state index contributed by atoms with van der Waals surface area (Å²) in [4.78, 5) is 5.96. The lowest BCUT2D eigenvalue weighted by atomic mass is 10.3. The largest absolute Gasteiger partial charge is 0.396 e. The molecule has 0 aliphatic rings. The summed E-state index contributed by atoms with van der Waals surface area (Å²) in [6, 6.07) is 1.77. The van der Waals surface area contributed by atoms with Gasteiger partial charge in [-0.15, -0.1) is 0 Å². The molecule has 1 heterocycles. The van der Waals surface area contributed by atoms with E-state index in [0.717, 1.165) is 5.69 Å². The van der Waals surface area contributed by atoms with Gasteiger partial charge in [0.1, 0.15) is 5.82 Å². The molecule has 0 fully saturated rings. The van der Waals surface area contributed by atoms with Gasteiger partial charge in [0.15, 0.2) is 0 Å². The molecule has 5 N–H and O–H groups in total. The maximum atomic E-state index is 8.91. The maximum absolute atomic E-state index is 8.91. The monoisotopic (exact) mass is 226 g/mol. The first kappa shape index (κ1) is 12.5. The molecular weight excluding hydrogens is 208 g/mol. The minimum absolute atomic E-state index is 0.0215. The molecule has 0 bridgehead atoms. The fourth-order valence-electron chi connectivity index (χ4n) is 1.46. The van der Waals surface area contributed by atoms with E-state index in [2.05, 4.69) is 10.3 Å². The zero-order valence-corrected chi connectivity index (χ0v) is 9.35. The minimum Gasteiger partial charge on any atom is -0.396 e. The lowest BCUT2D eigenvalue weighted by molar-refractivity contribution is 0.281. The molecule has 1 aromatic heterocycles. The van der Waals surface area contributed by atoms with E-state index in [9.17, 15) is 0 Å². The van der Waals surface area contributed by atoms with E-state index in [0.29, 0.717) is 24.6 Å². The number of aliphatic hydroxyl groups is 2. The summed E-state index contributed by atoms with van der Waals surface area (Å²) in [5.41, 5.74) is 7.12. The highest BCUT2D eigenvalue weighted by molar-refractivity contribution is 5.67. The van der Waals surface area contributed by atoms with Gasteiger partial charge >= 0.3 is 0 Å². The van der Waals surface area contributed by atoms with Crippen LogP contribution >= 0.6 is 0 Å². The average molecular weight is 226 g/mol. The number of hydrogen-bond acceptors (Lipinski definition) is 6. The molecule has 0 saturated heterocycles. The van der Waals surface area contributed by atoms with Gasteiger partial charge in [-0.2, -0.15) is 0 Å². The summed E-state index contributed by atoms with van der Waals surface area (Å²) in [6.07, 6.45) is 1.66. The highest BCUT2D eigenvalue weighted by Gasteiger charge is 2.08. The van der Waals surface area contributed by atoms with Crippen LogP contribution in [0, 0.1) is 0 Å². The molecule has 0 aliphatic heterocycles. The Balaban J connectivity index is 2.87. The van der Waals surface area contributed by atoms with Crippen LogP contribution < -0.4 is 16.0 Å². The molecule has 0 saturated carbocycles. The van der Waals surface area contributed by atoms with Gasteiger partial charge in [-0.1, -0.05) is 0 Å². The Morgan fingerprint density at radius 3 is 2.44 bits per heavy atom. The molecule has 90 valence electrons. The molecule has 0 radical (unpaired) electrons. The number of rotatable bonds is 6. The molecule has 1 rings (SSSR count). The average Bonchev–Trinajstić information content (AvgIpc) is 2.28. The summed E-state index contributed by atoms with van der Waals surface area (Å²) in [7, 11) is 1.75. The molecule has 0 unspecified atom stereocenters. The van der Waals surface area contributed by atoms with Crippen LogP contribution in [0.5, 0.6) is 0 Å². The van der Waals surface area contributed by atoms with E-state index < -0.39 is 0 Å². The van der Waals surface area contributed by atoms with Gasteiger partial charge in [-0.3, -0.25) is 0 Å². The van der Waals surface area contributed by atoms with Gasteiger partial charge < -0.3 is 26.2 Å². The molecule has 6 nitrogen and oxygen atoms in total. The number of nitrogens with two attached hydrogens (primary N) is 1. The number of nitrogen functional groups attached to an aromatic ring is 1. The lowest BCUT2D eigenvalue weighted by Gasteiger charge is -2.23. The van der Waals surface area contributed by atoms with Crippen molar-refractivity contribution in [2.45, 2.75) is 0 Å². The van der Waals surface area contributed by atoms with E-state index in [1.807, 2.05) is 4.90 Å². The molecule has 6 heteroatoms. The van der Waals surface area contributed by atoms with E-state index in [-0.39, 0.29) is 13.2 Å². The molecule has 16 heavy (non-hydrogen) atoms. The number of pyridine rings is 1. The highest BCUT2D eigenvalue weighted by atomic mass is 16.3. The van der Waals surface area contributed by atoms with Gasteiger partial charge in [0.25, 0.3) is 0 Å². The first-order chi connectivity index (χ1) is 7.72. The van der Waals surface area contributed by atoms with Crippen LogP contribution in [0.15, 0.2) is 12.3 Å². The molecule has 0 spiro atoms. The van der Waals surface area contributed by atoms with Crippen LogP contribution in [-0.4, -0.2) is 48.5 Å². The Bertz CT molecular complexity index is 327. The first-order valence-corrected chi connectivity index (χ1v) is 5.13. The smallest absolute Gasteiger partial charge is 0.149 e. The van der Waals surface area contributed by atoms with Crippen LogP contribution in [0.4, 0.5) is 17.2 Å². The summed E-state index contributed by atoms with van der Waals surface area (Å²) in [5, 5.41) is 20.7. The zero-order valence-electron chi connectivity index (χ0n) is 9.35. The van der Waals surface area contributed by atoms with Crippen LogP contribution in [0.3, 0.4) is 0 Å². The number of anilines is 3. The number of nitrogens with one attached hydrogen (secondary N) is 1. The highest BCUT2D eigenvalue weighted by Crippen LogP contribution is 2.21. The van der Waals surface area contributed by atoms with Gasteiger partial charge in [-0.05, 0) is 6.07 Å². The summed E-state index contributed by atoms with van der Waals surface area (Å²) < 4.78 is 0. The predicted octanol–water partition coefficient (Wildman–Crippen LogP) is -0.504. The Morgan fingerprint density at radius 1 is 1.38 bits per heavy atom. The van der Waals surface area contributed by atoms with Gasteiger partial charge in [-0.25, -0.2) is 4.98 Å². The van der Waals surface area contributed by atoms with Crippen molar-refractivity contribution in [3.63, 3.8) is 0 Å². The van der Waals surface area contributed by atoms with Crippen molar-refractivity contribution in [3.8, 4) is 0 Å². The van der Waals surface area contributed by atoms with Crippen LogP contribution in [-0.2, 0) is 0 Å². The lowest BCUT2D eigenvalue weighted by Crippen LogP contribution is -2.29. The van der Waals surface area contributed by atoms with Crippen molar-refractivity contribution in [2.24, 2.45) is 0 Å². The van der Waals surface area contributed by atoms with Crippen molar-refractivity contribution >= 4 is 17.2 Å². The molecule has 0 atom stereocenters. The van der Waals surface area contributed by atoms with E-state index in [1.165, 1.54) is 0 Å². The van der Waals surface area contributed by atoms with Gasteiger partial charge in [0, 0.05) is 20.1 Å². The molecule has 0 aliphatic carbocycles. The predicted molar refractivity (Wildman–Crippen MR) is 64.6 cm³/mol. The number of aliphatic hydroxyl groups excluding tert-OH is 2. The zero-order chi connectivity index (χ0) is 12.0.